The number of amides is 2. The minimum Gasteiger partial charge on any atom is -0.443 e. The van der Waals surface area contributed by atoms with Gasteiger partial charge in [0.05, 0.1) is 39.6 Å². The summed E-state index contributed by atoms with van der Waals surface area (Å²) in [4.78, 5) is 41.7. The third-order valence-corrected chi connectivity index (χ3v) is 8.59. The molecule has 11 nitrogen and oxygen atoms in total. The van der Waals surface area contributed by atoms with Crippen molar-refractivity contribution in [2.45, 2.75) is 58.8 Å². The lowest BCUT2D eigenvalue weighted by Gasteiger charge is -2.25. The number of aromatic amines is 1. The Bertz CT molecular complexity index is 1760. The molecule has 0 bridgehead atoms. The zero-order valence-electron chi connectivity index (χ0n) is 25.4. The van der Waals surface area contributed by atoms with Crippen LogP contribution in [0.15, 0.2) is 64.0 Å². The summed E-state index contributed by atoms with van der Waals surface area (Å²) < 4.78 is 12.6. The van der Waals surface area contributed by atoms with Gasteiger partial charge in [0.2, 0.25) is 5.62 Å². The summed E-state index contributed by atoms with van der Waals surface area (Å²) in [5, 5.41) is 13.1. The van der Waals surface area contributed by atoms with Gasteiger partial charge in [0.15, 0.2) is 12.2 Å². The first-order valence-corrected chi connectivity index (χ1v) is 15.5. The number of carbonyl (C=O) groups excluding carboxylic acids is 2. The molecule has 0 radical (unpaired) electrons. The van der Waals surface area contributed by atoms with Gasteiger partial charge in [0, 0.05) is 32.8 Å². The van der Waals surface area contributed by atoms with Crippen LogP contribution in [0.2, 0.25) is 0 Å². The number of rotatable bonds is 11. The van der Waals surface area contributed by atoms with Crippen LogP contribution in [-0.4, -0.2) is 63.6 Å². The summed E-state index contributed by atoms with van der Waals surface area (Å²) in [5.74, 6) is 0.0279. The summed E-state index contributed by atoms with van der Waals surface area (Å²) in [7, 11) is 1.68. The molecule has 1 saturated heterocycles. The van der Waals surface area contributed by atoms with Gasteiger partial charge < -0.3 is 28.9 Å². The van der Waals surface area contributed by atoms with Gasteiger partial charge in [-0.15, -0.1) is 11.3 Å². The second kappa shape index (κ2) is 14.0. The quantitative estimate of drug-likeness (QED) is 0.185. The zero-order valence-corrected chi connectivity index (χ0v) is 26.2. The number of nitrogens with one attached hydrogen (secondary N) is 2. The number of nitriles is 1. The molecule has 1 fully saturated rings. The normalized spacial score (nSPS) is 16.6. The summed E-state index contributed by atoms with van der Waals surface area (Å²) in [6.45, 7) is 8.21. The number of nitrogens with zero attached hydrogens (tertiary/aromatic N) is 5. The van der Waals surface area contributed by atoms with E-state index >= 15 is 0 Å². The van der Waals surface area contributed by atoms with Crippen molar-refractivity contribution in [3.05, 3.63) is 70.6 Å². The van der Waals surface area contributed by atoms with E-state index in [1.54, 1.807) is 30.3 Å². The highest BCUT2D eigenvalue weighted by Gasteiger charge is 2.31. The van der Waals surface area contributed by atoms with E-state index in [0.29, 0.717) is 42.5 Å². The number of ether oxygens (including phenoxy) is 1. The second-order valence-electron chi connectivity index (χ2n) is 11.3. The molecule has 1 aliphatic rings. The number of carbonyl (C=O) groups is 2. The summed E-state index contributed by atoms with van der Waals surface area (Å²) in [6.07, 6.45) is 6.29. The van der Waals surface area contributed by atoms with Gasteiger partial charge in [-0.05, 0) is 55.5 Å². The van der Waals surface area contributed by atoms with Gasteiger partial charge in [-0.1, -0.05) is 26.0 Å². The number of hydrogen-bond donors (Lipinski definition) is 2. The number of oxazole rings is 1. The number of thiophene rings is 1. The fourth-order valence-electron chi connectivity index (χ4n) is 5.43. The van der Waals surface area contributed by atoms with Gasteiger partial charge in [-0.2, -0.15) is 10.3 Å². The lowest BCUT2D eigenvalue weighted by molar-refractivity contribution is -0.127. The molecule has 0 aliphatic carbocycles. The maximum atomic E-state index is 13.4. The van der Waals surface area contributed by atoms with E-state index in [1.807, 2.05) is 42.7 Å². The van der Waals surface area contributed by atoms with E-state index in [1.165, 1.54) is 17.7 Å². The molecule has 230 valence electrons. The molecule has 12 heteroatoms. The third kappa shape index (κ3) is 7.07. The highest BCUT2D eigenvalue weighted by molar-refractivity contribution is 7.17. The minimum absolute atomic E-state index is 0.0806. The standard InChI is InChI=1S/C32H37N7O4S/c1-20(2)12-23(14-33)31(41)38-11-5-6-24(38)17-39-26-8-7-22(15-35-21(3)18-42-4)13-25(26)36-32(39)37-30(40)29-10-9-28(44-29)27-16-34-19-43-27/h7-10,12-13,16,19-21,24,35H,5-6,11,15,17-18H2,1-4H3,(H,36,37,40). The lowest BCUT2D eigenvalue weighted by Crippen LogP contribution is -2.40. The number of methoxy groups -OCH3 is 1. The van der Waals surface area contributed by atoms with Crippen molar-refractivity contribution in [3.63, 3.8) is 0 Å². The molecule has 44 heavy (non-hydrogen) atoms. The monoisotopic (exact) mass is 615 g/mol. The number of imidazole rings is 1. The van der Waals surface area contributed by atoms with Crippen molar-refractivity contribution in [1.82, 2.24) is 24.8 Å². The summed E-state index contributed by atoms with van der Waals surface area (Å²) in [6, 6.07) is 11.8. The number of H-pyrrole nitrogens is 1. The zero-order chi connectivity index (χ0) is 31.2. The Morgan fingerprint density at radius 3 is 2.89 bits per heavy atom. The van der Waals surface area contributed by atoms with E-state index in [9.17, 15) is 14.9 Å². The Morgan fingerprint density at radius 2 is 2.16 bits per heavy atom. The molecule has 1 aliphatic heterocycles. The predicted molar refractivity (Wildman–Crippen MR) is 167 cm³/mol. The van der Waals surface area contributed by atoms with Crippen LogP contribution in [-0.2, 0) is 22.6 Å². The van der Waals surface area contributed by atoms with Crippen molar-refractivity contribution in [2.24, 2.45) is 10.9 Å². The Kier molecular flexibility index (Phi) is 9.89. The first-order valence-electron chi connectivity index (χ1n) is 14.7. The van der Waals surface area contributed by atoms with Crippen LogP contribution in [0.4, 0.5) is 0 Å². The average Bonchev–Trinajstić information content (AvgIpc) is 3.82. The smallest absolute Gasteiger partial charge is 0.290 e. The minimum atomic E-state index is -0.387. The SMILES string of the molecule is COCC(C)NCc1ccc2c(c1)[nH]c(=NC(=O)c1ccc(-c3cnco3)s1)n2CC1CCCN1C(=O)C(C#N)=CC(C)C. The second-order valence-corrected chi connectivity index (χ2v) is 12.4. The first kappa shape index (κ1) is 31.1. The molecule has 2 atom stereocenters. The molecule has 0 spiro atoms. The van der Waals surface area contributed by atoms with Gasteiger partial charge in [0.1, 0.15) is 11.6 Å². The number of allylic oxidation sites excluding steroid dienone is 1. The van der Waals surface area contributed by atoms with Gasteiger partial charge in [0.25, 0.3) is 11.8 Å². The number of hydrogen-bond acceptors (Lipinski definition) is 8. The summed E-state index contributed by atoms with van der Waals surface area (Å²) >= 11 is 1.29. The van der Waals surface area contributed by atoms with E-state index in [4.69, 9.17) is 9.15 Å². The van der Waals surface area contributed by atoms with Crippen LogP contribution in [0.5, 0.6) is 0 Å². The number of fused-ring (bicyclic) bond motifs is 1. The largest absolute Gasteiger partial charge is 0.443 e. The highest BCUT2D eigenvalue weighted by Crippen LogP contribution is 2.28. The van der Waals surface area contributed by atoms with Crippen LogP contribution < -0.4 is 10.9 Å². The molecule has 2 unspecified atom stereocenters. The topological polar surface area (TPSA) is 142 Å². The molecule has 3 aromatic heterocycles. The van der Waals surface area contributed by atoms with Crippen molar-refractivity contribution in [3.8, 4) is 16.7 Å². The van der Waals surface area contributed by atoms with Crippen molar-refractivity contribution in [1.29, 1.82) is 5.26 Å². The molecule has 0 saturated carbocycles. The predicted octanol–water partition coefficient (Wildman–Crippen LogP) is 4.65. The fourth-order valence-corrected chi connectivity index (χ4v) is 6.27. The van der Waals surface area contributed by atoms with Crippen molar-refractivity contribution in [2.75, 3.05) is 20.3 Å². The number of likely N-dealkylation sites (tertiary alicyclic amines) is 1. The number of benzene rings is 1. The lowest BCUT2D eigenvalue weighted by atomic mass is 10.1. The van der Waals surface area contributed by atoms with Crippen LogP contribution in [0, 0.1) is 17.2 Å². The Labute approximate surface area is 259 Å². The Balaban J connectivity index is 1.49. The Morgan fingerprint density at radius 1 is 1.32 bits per heavy atom. The van der Waals surface area contributed by atoms with E-state index in [2.05, 4.69) is 33.3 Å². The van der Waals surface area contributed by atoms with E-state index in [-0.39, 0.29) is 35.4 Å². The van der Waals surface area contributed by atoms with Crippen molar-refractivity contribution >= 4 is 34.2 Å². The molecular formula is C32H37N7O4S. The highest BCUT2D eigenvalue weighted by atomic mass is 32.1. The van der Waals surface area contributed by atoms with Crippen LogP contribution in [0.3, 0.4) is 0 Å². The van der Waals surface area contributed by atoms with Crippen molar-refractivity contribution < 1.29 is 18.7 Å². The third-order valence-electron chi connectivity index (χ3n) is 7.51. The van der Waals surface area contributed by atoms with Gasteiger partial charge in [-0.3, -0.25) is 9.59 Å². The van der Waals surface area contributed by atoms with Crippen LogP contribution in [0.1, 0.15) is 48.8 Å². The molecule has 2 N–H and O–H groups in total. The molecule has 2 amide bonds. The van der Waals surface area contributed by atoms with Gasteiger partial charge in [-0.25, -0.2) is 4.98 Å². The molecule has 4 aromatic rings. The fraction of sp³-hybridized carbons (Fsp3) is 0.406. The molecule has 4 heterocycles. The molecular weight excluding hydrogens is 578 g/mol. The maximum Gasteiger partial charge on any atom is 0.290 e. The summed E-state index contributed by atoms with van der Waals surface area (Å²) in [5.41, 5.74) is 3.33. The van der Waals surface area contributed by atoms with Crippen LogP contribution in [0.25, 0.3) is 21.7 Å². The Hall–Kier alpha value is -4.31. The first-order chi connectivity index (χ1) is 21.3. The molecule has 5 rings (SSSR count). The van der Waals surface area contributed by atoms with E-state index < -0.39 is 0 Å². The maximum absolute atomic E-state index is 13.4. The van der Waals surface area contributed by atoms with Gasteiger partial charge >= 0.3 is 0 Å². The number of aromatic nitrogens is 3. The van der Waals surface area contributed by atoms with Crippen LogP contribution >= 0.6 is 11.3 Å². The molecule has 1 aromatic carbocycles. The average molecular weight is 616 g/mol. The van der Waals surface area contributed by atoms with E-state index in [0.717, 1.165) is 34.3 Å².